The largest absolute Gasteiger partial charge is 0.383 e. The van der Waals surface area contributed by atoms with Crippen LogP contribution in [0.3, 0.4) is 0 Å². The van der Waals surface area contributed by atoms with Crippen molar-refractivity contribution in [3.05, 3.63) is 21.9 Å². The molecule has 0 aliphatic rings. The molecule has 1 aromatic rings. The zero-order chi connectivity index (χ0) is 15.5. The van der Waals surface area contributed by atoms with Crippen molar-refractivity contribution in [3.63, 3.8) is 0 Å². The number of halogens is 1. The molecule has 8 heteroatoms. The fourth-order valence-corrected chi connectivity index (χ4v) is 2.42. The maximum atomic E-state index is 11.6. The molecule has 1 amide bonds. The molecule has 126 valence electrons. The Bertz CT molecular complexity index is 465. The lowest BCUT2D eigenvalue weighted by molar-refractivity contribution is -0.119. The second-order valence-corrected chi connectivity index (χ2v) is 5.78. The highest BCUT2D eigenvalue weighted by Gasteiger charge is 2.03. The molecule has 22 heavy (non-hydrogen) atoms. The van der Waals surface area contributed by atoms with Crippen molar-refractivity contribution in [1.82, 2.24) is 16.0 Å². The Balaban J connectivity index is 0.00000441. The number of aryl methyl sites for hydroxylation is 1. The normalized spacial score (nSPS) is 10.8. The number of carbonyl (C=O) groups is 1. The first-order valence-electron chi connectivity index (χ1n) is 6.98. The molecule has 0 radical (unpaired) electrons. The number of nitrogens with one attached hydrogen (secondary N) is 3. The van der Waals surface area contributed by atoms with Crippen molar-refractivity contribution >= 4 is 47.2 Å². The number of ether oxygens (including phenoxy) is 1. The van der Waals surface area contributed by atoms with E-state index in [4.69, 9.17) is 4.74 Å². The van der Waals surface area contributed by atoms with Gasteiger partial charge in [-0.3, -0.25) is 4.79 Å². The summed E-state index contributed by atoms with van der Waals surface area (Å²) in [6.45, 7) is 6.64. The van der Waals surface area contributed by atoms with E-state index in [9.17, 15) is 4.79 Å². The van der Waals surface area contributed by atoms with Crippen LogP contribution in [0, 0.1) is 6.92 Å². The first-order chi connectivity index (χ1) is 10.2. The second-order valence-electron chi connectivity index (χ2n) is 4.40. The lowest BCUT2D eigenvalue weighted by Crippen LogP contribution is -2.38. The van der Waals surface area contributed by atoms with E-state index in [1.54, 1.807) is 18.4 Å². The van der Waals surface area contributed by atoms with E-state index in [1.165, 1.54) is 9.75 Å². The highest BCUT2D eigenvalue weighted by Crippen LogP contribution is 2.14. The van der Waals surface area contributed by atoms with Gasteiger partial charge in [0, 0.05) is 30.0 Å². The third-order valence-corrected chi connectivity index (χ3v) is 3.58. The molecule has 1 rings (SSSR count). The van der Waals surface area contributed by atoms with E-state index in [-0.39, 0.29) is 36.4 Å². The monoisotopic (exact) mass is 440 g/mol. The Hall–Kier alpha value is -0.870. The average Bonchev–Trinajstić information content (AvgIpc) is 2.88. The van der Waals surface area contributed by atoms with Crippen LogP contribution in [0.4, 0.5) is 0 Å². The first kappa shape index (κ1) is 21.1. The Labute approximate surface area is 153 Å². The van der Waals surface area contributed by atoms with Gasteiger partial charge in [0.2, 0.25) is 5.91 Å². The number of amides is 1. The molecular formula is C14H25IN4O2S. The number of rotatable bonds is 8. The topological polar surface area (TPSA) is 74.8 Å². The van der Waals surface area contributed by atoms with Crippen LogP contribution in [0.5, 0.6) is 0 Å². The van der Waals surface area contributed by atoms with Gasteiger partial charge in [-0.2, -0.15) is 0 Å². The van der Waals surface area contributed by atoms with Gasteiger partial charge in [-0.15, -0.1) is 35.3 Å². The minimum atomic E-state index is -0.115. The van der Waals surface area contributed by atoms with Crippen molar-refractivity contribution in [2.75, 3.05) is 33.4 Å². The average molecular weight is 440 g/mol. The van der Waals surface area contributed by atoms with Gasteiger partial charge < -0.3 is 20.7 Å². The Morgan fingerprint density at radius 3 is 2.68 bits per heavy atom. The van der Waals surface area contributed by atoms with Crippen molar-refractivity contribution in [2.45, 2.75) is 20.4 Å². The summed E-state index contributed by atoms with van der Waals surface area (Å²) in [6.07, 6.45) is 0. The van der Waals surface area contributed by atoms with Gasteiger partial charge in [0.15, 0.2) is 5.96 Å². The van der Waals surface area contributed by atoms with E-state index >= 15 is 0 Å². The lowest BCUT2D eigenvalue weighted by Gasteiger charge is -2.10. The highest BCUT2D eigenvalue weighted by atomic mass is 127. The van der Waals surface area contributed by atoms with Gasteiger partial charge in [0.05, 0.1) is 13.2 Å². The summed E-state index contributed by atoms with van der Waals surface area (Å²) in [7, 11) is 1.60. The maximum absolute atomic E-state index is 11.6. The standard InChI is InChI=1S/C14H24N4O2S.HI/c1-4-15-14(17-9-12-6-5-11(2)21-12)18-10-13(19)16-7-8-20-3;/h5-6H,4,7-10H2,1-3H3,(H,16,19)(H2,15,17,18);1H. The van der Waals surface area contributed by atoms with Crippen LogP contribution < -0.4 is 16.0 Å². The Morgan fingerprint density at radius 1 is 1.32 bits per heavy atom. The molecule has 1 heterocycles. The minimum Gasteiger partial charge on any atom is -0.383 e. The molecule has 0 fully saturated rings. The number of hydrogen-bond acceptors (Lipinski definition) is 4. The number of aliphatic imine (C=N–C) groups is 1. The van der Waals surface area contributed by atoms with Gasteiger partial charge in [-0.1, -0.05) is 0 Å². The molecule has 0 unspecified atom stereocenters. The molecule has 0 saturated carbocycles. The molecular weight excluding hydrogens is 415 g/mol. The number of nitrogens with zero attached hydrogens (tertiary/aromatic N) is 1. The van der Waals surface area contributed by atoms with Crippen LogP contribution in [-0.2, 0) is 16.1 Å². The number of carbonyl (C=O) groups excluding carboxylic acids is 1. The molecule has 0 spiro atoms. The van der Waals surface area contributed by atoms with E-state index in [0.29, 0.717) is 25.7 Å². The number of methoxy groups -OCH3 is 1. The van der Waals surface area contributed by atoms with Crippen LogP contribution in [0.1, 0.15) is 16.7 Å². The molecule has 6 nitrogen and oxygen atoms in total. The van der Waals surface area contributed by atoms with Gasteiger partial charge in [-0.05, 0) is 26.0 Å². The number of thiophene rings is 1. The molecule has 0 aliphatic carbocycles. The van der Waals surface area contributed by atoms with Crippen LogP contribution in [0.2, 0.25) is 0 Å². The molecule has 1 aromatic heterocycles. The van der Waals surface area contributed by atoms with Crippen molar-refractivity contribution in [2.24, 2.45) is 4.99 Å². The summed E-state index contributed by atoms with van der Waals surface area (Å²) in [6, 6.07) is 4.18. The predicted octanol–water partition coefficient (Wildman–Crippen LogP) is 1.49. The summed E-state index contributed by atoms with van der Waals surface area (Å²) in [4.78, 5) is 18.4. The van der Waals surface area contributed by atoms with Crippen LogP contribution in [-0.4, -0.2) is 45.2 Å². The quantitative estimate of drug-likeness (QED) is 0.248. The summed E-state index contributed by atoms with van der Waals surface area (Å²) in [5.41, 5.74) is 0. The van der Waals surface area contributed by atoms with Gasteiger partial charge in [-0.25, -0.2) is 4.99 Å². The smallest absolute Gasteiger partial charge is 0.241 e. The Morgan fingerprint density at radius 2 is 2.09 bits per heavy atom. The van der Waals surface area contributed by atoms with E-state index in [0.717, 1.165) is 6.54 Å². The summed E-state index contributed by atoms with van der Waals surface area (Å²) in [5.74, 6) is 0.529. The molecule has 0 aliphatic heterocycles. The second kappa shape index (κ2) is 12.7. The predicted molar refractivity (Wildman–Crippen MR) is 102 cm³/mol. The van der Waals surface area contributed by atoms with Crippen LogP contribution >= 0.6 is 35.3 Å². The molecule has 0 saturated heterocycles. The third-order valence-electron chi connectivity index (χ3n) is 2.58. The van der Waals surface area contributed by atoms with Crippen molar-refractivity contribution < 1.29 is 9.53 Å². The summed E-state index contributed by atoms with van der Waals surface area (Å²) < 4.78 is 4.87. The first-order valence-corrected chi connectivity index (χ1v) is 7.80. The van der Waals surface area contributed by atoms with E-state index in [2.05, 4.69) is 40.0 Å². The van der Waals surface area contributed by atoms with E-state index in [1.807, 2.05) is 6.92 Å². The summed E-state index contributed by atoms with van der Waals surface area (Å²) >= 11 is 1.75. The third kappa shape index (κ3) is 9.21. The molecule has 0 atom stereocenters. The van der Waals surface area contributed by atoms with E-state index < -0.39 is 0 Å². The SMILES string of the molecule is CCNC(=NCC(=O)NCCOC)NCc1ccc(C)s1.I. The van der Waals surface area contributed by atoms with Crippen LogP contribution in [0.25, 0.3) is 0 Å². The molecule has 0 bridgehead atoms. The zero-order valence-corrected chi connectivity index (χ0v) is 16.4. The maximum Gasteiger partial charge on any atom is 0.241 e. The minimum absolute atomic E-state index is 0. The van der Waals surface area contributed by atoms with Crippen LogP contribution in [0.15, 0.2) is 17.1 Å². The Kier molecular flexibility index (Phi) is 12.2. The van der Waals surface area contributed by atoms with Crippen molar-refractivity contribution in [1.29, 1.82) is 0 Å². The summed E-state index contributed by atoms with van der Waals surface area (Å²) in [5, 5.41) is 9.07. The van der Waals surface area contributed by atoms with Gasteiger partial charge >= 0.3 is 0 Å². The van der Waals surface area contributed by atoms with Gasteiger partial charge in [0.25, 0.3) is 0 Å². The molecule has 0 aromatic carbocycles. The number of hydrogen-bond donors (Lipinski definition) is 3. The van der Waals surface area contributed by atoms with Gasteiger partial charge in [0.1, 0.15) is 6.54 Å². The highest BCUT2D eigenvalue weighted by molar-refractivity contribution is 14.0. The lowest BCUT2D eigenvalue weighted by atomic mass is 10.4. The zero-order valence-electron chi connectivity index (χ0n) is 13.3. The fourth-order valence-electron chi connectivity index (χ4n) is 1.59. The van der Waals surface area contributed by atoms with Crippen molar-refractivity contribution in [3.8, 4) is 0 Å². The number of guanidine groups is 1. The fraction of sp³-hybridized carbons (Fsp3) is 0.571. The molecule has 3 N–H and O–H groups in total.